The molecule has 0 aliphatic carbocycles. The maximum atomic E-state index is 3.93. The third kappa shape index (κ3) is 1.29. The van der Waals surface area contributed by atoms with Crippen molar-refractivity contribution < 1.29 is 5.73 Å². The van der Waals surface area contributed by atoms with E-state index in [9.17, 15) is 0 Å². The molecule has 0 saturated carbocycles. The van der Waals surface area contributed by atoms with Gasteiger partial charge < -0.3 is 10.3 Å². The molecule has 0 aromatic carbocycles. The molecular weight excluding hydrogens is 114 g/mol. The van der Waals surface area contributed by atoms with Crippen molar-refractivity contribution in [3.8, 4) is 0 Å². The largest absolute Gasteiger partial charge is 0.356 e. The molecular formula is C6H12N3+. The molecule has 0 saturated heterocycles. The highest BCUT2D eigenvalue weighted by Crippen LogP contribution is 1.98. The summed E-state index contributed by atoms with van der Waals surface area (Å²) in [5, 5.41) is 0. The van der Waals surface area contributed by atoms with Crippen LogP contribution in [0.15, 0.2) is 18.7 Å². The summed E-state index contributed by atoms with van der Waals surface area (Å²) in [6.07, 6.45) is 5.55. The molecule has 0 aliphatic rings. The first kappa shape index (κ1) is 6.29. The zero-order valence-corrected chi connectivity index (χ0v) is 5.62. The monoisotopic (exact) mass is 126 g/mol. The molecule has 3 heteroatoms. The highest BCUT2D eigenvalue weighted by Gasteiger charge is 1.99. The molecule has 9 heavy (non-hydrogen) atoms. The fourth-order valence-corrected chi connectivity index (χ4v) is 0.679. The van der Waals surface area contributed by atoms with Crippen molar-refractivity contribution in [2.75, 3.05) is 6.54 Å². The lowest BCUT2D eigenvalue weighted by molar-refractivity contribution is -0.375. The Bertz CT molecular complexity index is 157. The van der Waals surface area contributed by atoms with Crippen LogP contribution in [0.5, 0.6) is 0 Å². The smallest absolute Gasteiger partial charge is 0.0950 e. The van der Waals surface area contributed by atoms with Crippen molar-refractivity contribution in [1.82, 2.24) is 9.55 Å². The molecule has 1 atom stereocenters. The number of quaternary nitrogens is 1. The van der Waals surface area contributed by atoms with E-state index in [2.05, 4.69) is 17.6 Å². The summed E-state index contributed by atoms with van der Waals surface area (Å²) in [7, 11) is 0. The molecule has 0 radical (unpaired) electrons. The number of imidazole rings is 1. The first-order chi connectivity index (χ1) is 4.34. The van der Waals surface area contributed by atoms with Crippen molar-refractivity contribution >= 4 is 0 Å². The van der Waals surface area contributed by atoms with Gasteiger partial charge in [-0.25, -0.2) is 4.98 Å². The second-order valence-corrected chi connectivity index (χ2v) is 2.15. The van der Waals surface area contributed by atoms with Crippen molar-refractivity contribution in [3.63, 3.8) is 0 Å². The lowest BCUT2D eigenvalue weighted by Crippen LogP contribution is -2.53. The summed E-state index contributed by atoms with van der Waals surface area (Å²) >= 11 is 0. The standard InChI is InChI=1S/C6H11N3/c1-6(4-7)9-3-2-8-5-9/h2-3,5-6H,4,7H2,1H3/p+1/t6-/m1/s1. The number of nitrogens with zero attached hydrogens (tertiary/aromatic N) is 2. The van der Waals surface area contributed by atoms with Crippen molar-refractivity contribution in [2.24, 2.45) is 0 Å². The van der Waals surface area contributed by atoms with E-state index in [-0.39, 0.29) is 0 Å². The average molecular weight is 126 g/mol. The molecule has 1 aromatic rings. The number of aromatic nitrogens is 2. The topological polar surface area (TPSA) is 45.5 Å². The van der Waals surface area contributed by atoms with Crippen molar-refractivity contribution in [3.05, 3.63) is 18.7 Å². The van der Waals surface area contributed by atoms with Gasteiger partial charge in [-0.1, -0.05) is 0 Å². The second-order valence-electron chi connectivity index (χ2n) is 2.15. The minimum Gasteiger partial charge on any atom is -0.356 e. The first-order valence-corrected chi connectivity index (χ1v) is 3.11. The average Bonchev–Trinajstić information content (AvgIpc) is 2.37. The van der Waals surface area contributed by atoms with Crippen LogP contribution < -0.4 is 5.73 Å². The maximum Gasteiger partial charge on any atom is 0.0950 e. The molecule has 1 aromatic heterocycles. The van der Waals surface area contributed by atoms with Gasteiger partial charge in [-0.2, -0.15) is 0 Å². The van der Waals surface area contributed by atoms with E-state index in [1.807, 2.05) is 17.1 Å². The molecule has 0 bridgehead atoms. The SMILES string of the molecule is C[C@H](C[NH3+])n1ccnc1. The van der Waals surface area contributed by atoms with Gasteiger partial charge in [-0.05, 0) is 6.92 Å². The summed E-state index contributed by atoms with van der Waals surface area (Å²) in [4.78, 5) is 3.93. The molecule has 50 valence electrons. The van der Waals surface area contributed by atoms with Gasteiger partial charge in [0.05, 0.1) is 18.9 Å². The first-order valence-electron chi connectivity index (χ1n) is 3.11. The van der Waals surface area contributed by atoms with E-state index < -0.39 is 0 Å². The lowest BCUT2D eigenvalue weighted by atomic mass is 10.3. The van der Waals surface area contributed by atoms with Gasteiger partial charge in [0, 0.05) is 12.4 Å². The van der Waals surface area contributed by atoms with E-state index in [0.29, 0.717) is 6.04 Å². The van der Waals surface area contributed by atoms with E-state index in [0.717, 1.165) is 6.54 Å². The Morgan fingerprint density at radius 1 is 1.78 bits per heavy atom. The van der Waals surface area contributed by atoms with Crippen LogP contribution in [0.25, 0.3) is 0 Å². The predicted octanol–water partition coefficient (Wildman–Crippen LogP) is -0.314. The Labute approximate surface area is 54.5 Å². The van der Waals surface area contributed by atoms with Crippen LogP contribution in [0.1, 0.15) is 13.0 Å². The fraction of sp³-hybridized carbons (Fsp3) is 0.500. The molecule has 0 unspecified atom stereocenters. The van der Waals surface area contributed by atoms with Crippen LogP contribution in [0.2, 0.25) is 0 Å². The normalized spacial score (nSPS) is 13.6. The Morgan fingerprint density at radius 3 is 3.00 bits per heavy atom. The maximum absolute atomic E-state index is 3.93. The molecule has 0 spiro atoms. The molecule has 0 amide bonds. The van der Waals surface area contributed by atoms with Crippen LogP contribution in [0, 0.1) is 0 Å². The van der Waals surface area contributed by atoms with Crippen LogP contribution in [0.4, 0.5) is 0 Å². The van der Waals surface area contributed by atoms with E-state index in [4.69, 9.17) is 0 Å². The zero-order valence-electron chi connectivity index (χ0n) is 5.62. The van der Waals surface area contributed by atoms with Gasteiger partial charge in [0.2, 0.25) is 0 Å². The van der Waals surface area contributed by atoms with E-state index >= 15 is 0 Å². The lowest BCUT2D eigenvalue weighted by Gasteiger charge is -2.05. The Hall–Kier alpha value is -0.830. The highest BCUT2D eigenvalue weighted by atomic mass is 15.1. The van der Waals surface area contributed by atoms with Crippen LogP contribution in [-0.4, -0.2) is 16.1 Å². The predicted molar refractivity (Wildman–Crippen MR) is 34.7 cm³/mol. The minimum atomic E-state index is 0.479. The Morgan fingerprint density at radius 2 is 2.56 bits per heavy atom. The number of hydrogen-bond acceptors (Lipinski definition) is 1. The molecule has 1 rings (SSSR count). The van der Waals surface area contributed by atoms with Gasteiger partial charge in [-0.3, -0.25) is 0 Å². The third-order valence-electron chi connectivity index (χ3n) is 1.45. The summed E-state index contributed by atoms with van der Waals surface area (Å²) in [5.74, 6) is 0. The van der Waals surface area contributed by atoms with Crippen LogP contribution in [0.3, 0.4) is 0 Å². The van der Waals surface area contributed by atoms with E-state index in [1.54, 1.807) is 6.20 Å². The van der Waals surface area contributed by atoms with Crippen molar-refractivity contribution in [1.29, 1.82) is 0 Å². The van der Waals surface area contributed by atoms with Crippen LogP contribution >= 0.6 is 0 Å². The number of hydrogen-bond donors (Lipinski definition) is 1. The second kappa shape index (κ2) is 2.64. The molecule has 3 N–H and O–H groups in total. The molecule has 3 nitrogen and oxygen atoms in total. The Kier molecular flexibility index (Phi) is 1.85. The summed E-state index contributed by atoms with van der Waals surface area (Å²) < 4.78 is 2.05. The fourth-order valence-electron chi connectivity index (χ4n) is 0.679. The number of rotatable bonds is 2. The van der Waals surface area contributed by atoms with Crippen LogP contribution in [-0.2, 0) is 0 Å². The van der Waals surface area contributed by atoms with Crippen molar-refractivity contribution in [2.45, 2.75) is 13.0 Å². The Balaban J connectivity index is 2.65. The van der Waals surface area contributed by atoms with Gasteiger partial charge in [0.1, 0.15) is 0 Å². The quantitative estimate of drug-likeness (QED) is 0.580. The summed E-state index contributed by atoms with van der Waals surface area (Å²) in [6.45, 7) is 3.03. The molecule has 1 heterocycles. The summed E-state index contributed by atoms with van der Waals surface area (Å²) in [5.41, 5.74) is 3.79. The molecule has 0 fully saturated rings. The zero-order chi connectivity index (χ0) is 6.69. The van der Waals surface area contributed by atoms with E-state index in [1.165, 1.54) is 0 Å². The molecule has 0 aliphatic heterocycles. The van der Waals surface area contributed by atoms with Gasteiger partial charge in [0.25, 0.3) is 0 Å². The third-order valence-corrected chi connectivity index (χ3v) is 1.45. The van der Waals surface area contributed by atoms with Gasteiger partial charge >= 0.3 is 0 Å². The highest BCUT2D eigenvalue weighted by molar-refractivity contribution is 4.77. The van der Waals surface area contributed by atoms with Gasteiger partial charge in [0.15, 0.2) is 0 Å². The summed E-state index contributed by atoms with van der Waals surface area (Å²) in [6, 6.07) is 0.479. The minimum absolute atomic E-state index is 0.479. The van der Waals surface area contributed by atoms with Gasteiger partial charge in [-0.15, -0.1) is 0 Å².